The van der Waals surface area contributed by atoms with E-state index in [0.717, 1.165) is 0 Å². The van der Waals surface area contributed by atoms with Crippen LogP contribution in [-0.2, 0) is 18.0 Å². The highest BCUT2D eigenvalue weighted by Gasteiger charge is 2.24. The zero-order chi connectivity index (χ0) is 25.1. The van der Waals surface area contributed by atoms with Crippen LogP contribution in [0.2, 0.25) is 0 Å². The second-order valence-corrected chi connectivity index (χ2v) is 7.94. The summed E-state index contributed by atoms with van der Waals surface area (Å²) >= 11 is 0. The summed E-state index contributed by atoms with van der Waals surface area (Å²) in [4.78, 5) is 16.6. The van der Waals surface area contributed by atoms with Crippen molar-refractivity contribution >= 4 is 5.91 Å². The molecule has 1 atom stereocenters. The molecule has 11 heteroatoms. The number of aryl methyl sites for hydroxylation is 1. The van der Waals surface area contributed by atoms with Gasteiger partial charge in [-0.15, -0.1) is 0 Å². The highest BCUT2D eigenvalue weighted by Crippen LogP contribution is 2.33. The Kier molecular flexibility index (Phi) is 6.37. The molecule has 0 radical (unpaired) electrons. The Labute approximate surface area is 203 Å². The van der Waals surface area contributed by atoms with Crippen LogP contribution in [0, 0.1) is 6.92 Å². The maximum atomic E-state index is 13.9. The predicted octanol–water partition coefficient (Wildman–Crippen LogP) is 4.17. The summed E-state index contributed by atoms with van der Waals surface area (Å²) in [6.07, 6.45) is -1.39. The van der Waals surface area contributed by atoms with Crippen molar-refractivity contribution in [1.82, 2.24) is 25.8 Å². The molecule has 0 fully saturated rings. The SMILES string of the molecule is Cc1cc(CNC(=O)C(O)c2ccc(-c3noc(-c4onc(-c5ccccc5)c4CF)n3)cc2)on1. The molecule has 0 bridgehead atoms. The van der Waals surface area contributed by atoms with Gasteiger partial charge in [0.05, 0.1) is 17.8 Å². The van der Waals surface area contributed by atoms with Crippen molar-refractivity contribution in [3.63, 3.8) is 0 Å². The number of aromatic nitrogens is 4. The minimum absolute atomic E-state index is 0.0153. The second-order valence-electron chi connectivity index (χ2n) is 7.94. The number of nitrogens with zero attached hydrogens (tertiary/aromatic N) is 4. The topological polar surface area (TPSA) is 140 Å². The van der Waals surface area contributed by atoms with Gasteiger partial charge < -0.3 is 24.0 Å². The van der Waals surface area contributed by atoms with Gasteiger partial charge in [-0.3, -0.25) is 4.79 Å². The Bertz CT molecular complexity index is 1480. The van der Waals surface area contributed by atoms with Gasteiger partial charge in [-0.05, 0) is 12.5 Å². The molecule has 2 aromatic carbocycles. The van der Waals surface area contributed by atoms with Gasteiger partial charge in [-0.25, -0.2) is 4.39 Å². The van der Waals surface area contributed by atoms with Crippen molar-refractivity contribution in [2.45, 2.75) is 26.2 Å². The fraction of sp³-hybridized carbons (Fsp3) is 0.160. The van der Waals surface area contributed by atoms with Crippen LogP contribution in [0.4, 0.5) is 4.39 Å². The maximum Gasteiger partial charge on any atom is 0.297 e. The lowest BCUT2D eigenvalue weighted by Crippen LogP contribution is -2.28. The largest absolute Gasteiger partial charge is 0.378 e. The lowest BCUT2D eigenvalue weighted by molar-refractivity contribution is -0.129. The minimum Gasteiger partial charge on any atom is -0.378 e. The summed E-state index contributed by atoms with van der Waals surface area (Å²) in [6.45, 7) is 1.05. The summed E-state index contributed by atoms with van der Waals surface area (Å²) in [5, 5.41) is 24.6. The average molecular weight is 489 g/mol. The van der Waals surface area contributed by atoms with Crippen molar-refractivity contribution in [3.8, 4) is 34.3 Å². The van der Waals surface area contributed by atoms with Crippen LogP contribution in [-0.4, -0.2) is 31.5 Å². The maximum absolute atomic E-state index is 13.9. The van der Waals surface area contributed by atoms with Crippen molar-refractivity contribution in [3.05, 3.63) is 83.2 Å². The molecule has 1 unspecified atom stereocenters. The van der Waals surface area contributed by atoms with Gasteiger partial charge in [0.25, 0.3) is 11.8 Å². The van der Waals surface area contributed by atoms with E-state index >= 15 is 0 Å². The number of carbonyl (C=O) groups is 1. The molecule has 0 saturated heterocycles. The lowest BCUT2D eigenvalue weighted by Gasteiger charge is -2.11. The zero-order valence-electron chi connectivity index (χ0n) is 19.0. The normalized spacial score (nSPS) is 12.0. The van der Waals surface area contributed by atoms with Gasteiger partial charge in [-0.2, -0.15) is 4.98 Å². The van der Waals surface area contributed by atoms with Crippen LogP contribution in [0.1, 0.15) is 28.7 Å². The number of hydrogen-bond acceptors (Lipinski definition) is 9. The Balaban J connectivity index is 1.30. The molecule has 3 heterocycles. The predicted molar refractivity (Wildman–Crippen MR) is 124 cm³/mol. The van der Waals surface area contributed by atoms with Gasteiger partial charge in [0.2, 0.25) is 11.6 Å². The van der Waals surface area contributed by atoms with E-state index in [0.29, 0.717) is 33.8 Å². The minimum atomic E-state index is -1.39. The molecule has 2 N–H and O–H groups in total. The molecule has 36 heavy (non-hydrogen) atoms. The van der Waals surface area contributed by atoms with Gasteiger partial charge in [0.1, 0.15) is 12.4 Å². The zero-order valence-corrected chi connectivity index (χ0v) is 19.0. The Morgan fingerprint density at radius 1 is 1.00 bits per heavy atom. The quantitative estimate of drug-likeness (QED) is 0.328. The number of carbonyl (C=O) groups excluding carboxylic acids is 1. The van der Waals surface area contributed by atoms with Crippen LogP contribution in [0.25, 0.3) is 34.3 Å². The first-order valence-electron chi connectivity index (χ1n) is 11.0. The molecule has 10 nitrogen and oxygen atoms in total. The monoisotopic (exact) mass is 489 g/mol. The van der Waals surface area contributed by atoms with Crippen molar-refractivity contribution in [1.29, 1.82) is 0 Å². The summed E-state index contributed by atoms with van der Waals surface area (Å²) in [6, 6.07) is 17.2. The third-order valence-electron chi connectivity index (χ3n) is 5.44. The van der Waals surface area contributed by atoms with Gasteiger partial charge in [0.15, 0.2) is 11.9 Å². The fourth-order valence-electron chi connectivity index (χ4n) is 3.59. The molecule has 0 aliphatic carbocycles. The highest BCUT2D eigenvalue weighted by molar-refractivity contribution is 5.82. The Morgan fingerprint density at radius 3 is 2.47 bits per heavy atom. The number of aliphatic hydroxyl groups excluding tert-OH is 1. The van der Waals surface area contributed by atoms with Crippen LogP contribution >= 0.6 is 0 Å². The van der Waals surface area contributed by atoms with E-state index < -0.39 is 18.7 Å². The molecule has 5 rings (SSSR count). The molecule has 5 aromatic rings. The summed E-state index contributed by atoms with van der Waals surface area (Å²) in [7, 11) is 0. The highest BCUT2D eigenvalue weighted by atomic mass is 19.1. The van der Waals surface area contributed by atoms with Gasteiger partial charge in [0, 0.05) is 17.2 Å². The second kappa shape index (κ2) is 9.92. The van der Waals surface area contributed by atoms with E-state index in [1.54, 1.807) is 49.4 Å². The molecular formula is C25H20FN5O5. The number of nitrogens with one attached hydrogen (secondary N) is 1. The van der Waals surface area contributed by atoms with E-state index in [9.17, 15) is 14.3 Å². The van der Waals surface area contributed by atoms with Crippen LogP contribution in [0.3, 0.4) is 0 Å². The molecular weight excluding hydrogens is 469 g/mol. The van der Waals surface area contributed by atoms with E-state index in [1.807, 2.05) is 18.2 Å². The van der Waals surface area contributed by atoms with Crippen molar-refractivity contribution < 1.29 is 27.9 Å². The van der Waals surface area contributed by atoms with E-state index in [1.165, 1.54) is 0 Å². The third kappa shape index (κ3) is 4.64. The standard InChI is InChI=1S/C25H20FN5O5/c1-14-11-18(34-29-14)13-27-24(33)21(32)16-7-9-17(10-8-16)23-28-25(36-31-23)22-19(12-26)20(30-35-22)15-5-3-2-4-6-15/h2-11,21,32H,12-13H2,1H3,(H,27,33). The van der Waals surface area contributed by atoms with Crippen LogP contribution < -0.4 is 5.32 Å². The van der Waals surface area contributed by atoms with Gasteiger partial charge >= 0.3 is 0 Å². The summed E-state index contributed by atoms with van der Waals surface area (Å²) in [5.74, 6) is 0.157. The Morgan fingerprint density at radius 2 is 1.78 bits per heavy atom. The first kappa shape index (κ1) is 23.1. The molecule has 0 spiro atoms. The number of aliphatic hydroxyl groups is 1. The molecule has 1 amide bonds. The van der Waals surface area contributed by atoms with Crippen LogP contribution in [0.15, 0.2) is 74.2 Å². The molecule has 182 valence electrons. The number of hydrogen-bond donors (Lipinski definition) is 2. The number of alkyl halides is 1. The lowest BCUT2D eigenvalue weighted by atomic mass is 10.1. The molecule has 3 aromatic heterocycles. The smallest absolute Gasteiger partial charge is 0.297 e. The average Bonchev–Trinajstić information content (AvgIpc) is 3.66. The Hall–Kier alpha value is -4.64. The third-order valence-corrected chi connectivity index (χ3v) is 5.44. The summed E-state index contributed by atoms with van der Waals surface area (Å²) in [5.41, 5.74) is 2.90. The van der Waals surface area contributed by atoms with Crippen LogP contribution in [0.5, 0.6) is 0 Å². The number of halogens is 1. The molecule has 0 aliphatic rings. The van der Waals surface area contributed by atoms with Crippen molar-refractivity contribution in [2.75, 3.05) is 0 Å². The van der Waals surface area contributed by atoms with E-state index in [-0.39, 0.29) is 29.6 Å². The van der Waals surface area contributed by atoms with Crippen molar-refractivity contribution in [2.24, 2.45) is 0 Å². The number of benzene rings is 2. The first-order valence-corrected chi connectivity index (χ1v) is 11.0. The molecule has 0 aliphatic heterocycles. The number of amides is 1. The first-order chi connectivity index (χ1) is 17.5. The van der Waals surface area contributed by atoms with Gasteiger partial charge in [-0.1, -0.05) is 70.1 Å². The fourth-order valence-corrected chi connectivity index (χ4v) is 3.59. The van der Waals surface area contributed by atoms with E-state index in [2.05, 4.69) is 25.8 Å². The summed E-state index contributed by atoms with van der Waals surface area (Å²) < 4.78 is 29.5. The number of rotatable bonds is 8. The molecule has 0 saturated carbocycles. The van der Waals surface area contributed by atoms with E-state index in [4.69, 9.17) is 13.6 Å².